The van der Waals surface area contributed by atoms with Gasteiger partial charge in [-0.1, -0.05) is 146 Å². The molecule has 12 aromatic rings. The van der Waals surface area contributed by atoms with Crippen LogP contribution in [0.4, 0.5) is 0 Å². The van der Waals surface area contributed by atoms with E-state index < -0.39 is 0 Å². The van der Waals surface area contributed by atoms with E-state index in [1.54, 1.807) is 0 Å². The fourth-order valence-electron chi connectivity index (χ4n) is 8.74. The number of hydrogen-bond donors (Lipinski definition) is 0. The Bertz CT molecular complexity index is 3240. The molecule has 0 N–H and O–H groups in total. The molecule has 0 unspecified atom stereocenters. The maximum absolute atomic E-state index is 6.71. The van der Waals surface area contributed by atoms with Crippen LogP contribution in [0.2, 0.25) is 0 Å². The molecule has 2 aromatic heterocycles. The van der Waals surface area contributed by atoms with Gasteiger partial charge in [0.1, 0.15) is 22.3 Å². The average molecular weight is 687 g/mol. The molecule has 2 nitrogen and oxygen atoms in total. The number of rotatable bonds is 3. The molecular formula is C52H30O2. The number of fused-ring (bicyclic) bond motifs is 12. The third kappa shape index (κ3) is 4.34. The molecule has 2 heterocycles. The summed E-state index contributed by atoms with van der Waals surface area (Å²) in [5, 5.41) is 14.3. The Morgan fingerprint density at radius 3 is 1.00 bits per heavy atom. The van der Waals surface area contributed by atoms with Crippen molar-refractivity contribution in [2.75, 3.05) is 0 Å². The van der Waals surface area contributed by atoms with Crippen LogP contribution in [0, 0.1) is 0 Å². The molecule has 0 fully saturated rings. The van der Waals surface area contributed by atoms with E-state index >= 15 is 0 Å². The van der Waals surface area contributed by atoms with Crippen molar-refractivity contribution in [2.45, 2.75) is 0 Å². The molecule has 10 aromatic carbocycles. The van der Waals surface area contributed by atoms with Crippen LogP contribution >= 0.6 is 0 Å². The number of furan rings is 2. The Labute approximate surface area is 310 Å². The second-order valence-electron chi connectivity index (χ2n) is 14.4. The topological polar surface area (TPSA) is 26.3 Å². The lowest BCUT2D eigenvalue weighted by Crippen LogP contribution is -1.85. The molecule has 2 heteroatoms. The summed E-state index contributed by atoms with van der Waals surface area (Å²) in [6.45, 7) is 0. The van der Waals surface area contributed by atoms with Gasteiger partial charge in [-0.15, -0.1) is 0 Å². The molecule has 0 aliphatic heterocycles. The van der Waals surface area contributed by atoms with Gasteiger partial charge in [-0.3, -0.25) is 0 Å². The maximum Gasteiger partial charge on any atom is 0.143 e. The molecular weight excluding hydrogens is 657 g/mol. The average Bonchev–Trinajstić information content (AvgIpc) is 3.80. The first-order chi connectivity index (χ1) is 26.7. The lowest BCUT2D eigenvalue weighted by molar-refractivity contribution is 0.670. The zero-order valence-electron chi connectivity index (χ0n) is 29.1. The zero-order chi connectivity index (χ0) is 35.3. The highest BCUT2D eigenvalue weighted by atomic mass is 16.3. The standard InChI is InChI=1S/C52H30O2/c1-3-11-37-29-47-45(25-35(37)9-1)49-41-15-7-5-13-39(41)27-43(51(49)53-47)33-21-17-31(18-22-33)32-19-23-34(24-20-32)44-28-40-14-6-8-16-42(40)50-46-26-36-10-2-4-12-38(36)30-48(46)54-52(44)50/h1-30H. The first-order valence-electron chi connectivity index (χ1n) is 18.5. The second kappa shape index (κ2) is 11.2. The van der Waals surface area contributed by atoms with Crippen LogP contribution in [0.5, 0.6) is 0 Å². The van der Waals surface area contributed by atoms with Crippen molar-refractivity contribution in [1.29, 1.82) is 0 Å². The number of benzene rings is 10. The van der Waals surface area contributed by atoms with E-state index in [0.29, 0.717) is 0 Å². The molecule has 0 spiro atoms. The van der Waals surface area contributed by atoms with Crippen LogP contribution in [-0.4, -0.2) is 0 Å². The highest BCUT2D eigenvalue weighted by molar-refractivity contribution is 6.25. The summed E-state index contributed by atoms with van der Waals surface area (Å²) in [4.78, 5) is 0. The van der Waals surface area contributed by atoms with Gasteiger partial charge in [0, 0.05) is 32.7 Å². The maximum atomic E-state index is 6.71. The van der Waals surface area contributed by atoms with Gasteiger partial charge in [-0.2, -0.15) is 0 Å². The molecule has 0 aliphatic rings. The third-order valence-corrected chi connectivity index (χ3v) is 11.4. The van der Waals surface area contributed by atoms with Crippen molar-refractivity contribution in [1.82, 2.24) is 0 Å². The summed E-state index contributed by atoms with van der Waals surface area (Å²) in [6, 6.07) is 65.5. The molecule has 0 saturated carbocycles. The molecule has 250 valence electrons. The fraction of sp³-hybridized carbons (Fsp3) is 0. The van der Waals surface area contributed by atoms with E-state index in [-0.39, 0.29) is 0 Å². The van der Waals surface area contributed by atoms with Crippen molar-refractivity contribution in [3.63, 3.8) is 0 Å². The van der Waals surface area contributed by atoms with Gasteiger partial charge in [-0.05, 0) is 102 Å². The number of hydrogen-bond acceptors (Lipinski definition) is 2. The third-order valence-electron chi connectivity index (χ3n) is 11.4. The normalized spacial score (nSPS) is 12.1. The Balaban J connectivity index is 0.959. The zero-order valence-corrected chi connectivity index (χ0v) is 29.1. The van der Waals surface area contributed by atoms with Crippen LogP contribution in [0.1, 0.15) is 0 Å². The minimum absolute atomic E-state index is 0.915. The highest BCUT2D eigenvalue weighted by Crippen LogP contribution is 2.44. The SMILES string of the molecule is c1ccc2cc3c(cc2c1)oc1c(-c2ccc(-c4ccc(-c5cc6ccccc6c6c5oc5cc7ccccc7cc56)cc4)cc2)cc2ccccc2c13. The van der Waals surface area contributed by atoms with Crippen molar-refractivity contribution < 1.29 is 8.83 Å². The summed E-state index contributed by atoms with van der Waals surface area (Å²) in [6.07, 6.45) is 0. The Morgan fingerprint density at radius 1 is 0.259 bits per heavy atom. The van der Waals surface area contributed by atoms with Crippen LogP contribution < -0.4 is 0 Å². The molecule has 12 rings (SSSR count). The monoisotopic (exact) mass is 686 g/mol. The molecule has 0 bridgehead atoms. The molecule has 0 amide bonds. The lowest BCUT2D eigenvalue weighted by Gasteiger charge is -2.10. The van der Waals surface area contributed by atoms with E-state index in [1.807, 2.05) is 0 Å². The summed E-state index contributed by atoms with van der Waals surface area (Å²) in [5.41, 5.74) is 10.5. The summed E-state index contributed by atoms with van der Waals surface area (Å²) in [5.74, 6) is 0. The first-order valence-corrected chi connectivity index (χ1v) is 18.5. The lowest BCUT2D eigenvalue weighted by atomic mass is 9.93. The largest absolute Gasteiger partial charge is 0.455 e. The molecule has 0 aliphatic carbocycles. The molecule has 0 radical (unpaired) electrons. The van der Waals surface area contributed by atoms with E-state index in [2.05, 4.69) is 182 Å². The molecule has 0 saturated heterocycles. The van der Waals surface area contributed by atoms with Gasteiger partial charge in [0.05, 0.1) is 0 Å². The quantitative estimate of drug-likeness (QED) is 0.185. The minimum Gasteiger partial charge on any atom is -0.455 e. The van der Waals surface area contributed by atoms with Crippen molar-refractivity contribution >= 4 is 87.0 Å². The van der Waals surface area contributed by atoms with Gasteiger partial charge in [0.15, 0.2) is 0 Å². The van der Waals surface area contributed by atoms with Gasteiger partial charge in [-0.25, -0.2) is 0 Å². The Morgan fingerprint density at radius 2 is 0.593 bits per heavy atom. The first kappa shape index (κ1) is 29.4. The van der Waals surface area contributed by atoms with Crippen molar-refractivity contribution in [3.05, 3.63) is 182 Å². The van der Waals surface area contributed by atoms with E-state index in [1.165, 1.54) is 53.9 Å². The van der Waals surface area contributed by atoms with Crippen molar-refractivity contribution in [3.8, 4) is 33.4 Å². The van der Waals surface area contributed by atoms with Gasteiger partial charge in [0.25, 0.3) is 0 Å². The summed E-state index contributed by atoms with van der Waals surface area (Å²) < 4.78 is 13.4. The van der Waals surface area contributed by atoms with Crippen LogP contribution in [0.25, 0.3) is 120 Å². The predicted octanol–water partition coefficient (Wildman–Crippen LogP) is 15.1. The van der Waals surface area contributed by atoms with Crippen molar-refractivity contribution in [2.24, 2.45) is 0 Å². The summed E-state index contributed by atoms with van der Waals surface area (Å²) in [7, 11) is 0. The van der Waals surface area contributed by atoms with E-state index in [9.17, 15) is 0 Å². The second-order valence-corrected chi connectivity index (χ2v) is 14.4. The van der Waals surface area contributed by atoms with Crippen LogP contribution in [0.3, 0.4) is 0 Å². The minimum atomic E-state index is 0.915. The molecule has 0 atom stereocenters. The van der Waals surface area contributed by atoms with Crippen LogP contribution in [0.15, 0.2) is 191 Å². The van der Waals surface area contributed by atoms with Crippen LogP contribution in [-0.2, 0) is 0 Å². The molecule has 54 heavy (non-hydrogen) atoms. The summed E-state index contributed by atoms with van der Waals surface area (Å²) >= 11 is 0. The fourth-order valence-corrected chi connectivity index (χ4v) is 8.74. The Hall–Kier alpha value is -7.16. The van der Waals surface area contributed by atoms with Gasteiger partial charge < -0.3 is 8.83 Å². The highest BCUT2D eigenvalue weighted by Gasteiger charge is 2.19. The van der Waals surface area contributed by atoms with Gasteiger partial charge in [0.2, 0.25) is 0 Å². The predicted molar refractivity (Wildman–Crippen MR) is 227 cm³/mol. The van der Waals surface area contributed by atoms with E-state index in [4.69, 9.17) is 8.83 Å². The van der Waals surface area contributed by atoms with E-state index in [0.717, 1.165) is 66.5 Å². The van der Waals surface area contributed by atoms with Gasteiger partial charge >= 0.3 is 0 Å². The smallest absolute Gasteiger partial charge is 0.143 e. The Kier molecular flexibility index (Phi) is 6.09.